The number of fused-ring (bicyclic) bond motifs is 1. The minimum atomic E-state index is -0.364. The first-order chi connectivity index (χ1) is 14.5. The lowest BCUT2D eigenvalue weighted by molar-refractivity contribution is 0.100. The Bertz CT molecular complexity index is 1120. The van der Waals surface area contributed by atoms with Gasteiger partial charge in [0.15, 0.2) is 5.78 Å². The first-order valence-electron chi connectivity index (χ1n) is 9.86. The van der Waals surface area contributed by atoms with Gasteiger partial charge < -0.3 is 15.7 Å². The highest BCUT2D eigenvalue weighted by atomic mass is 16.2. The third-order valence-electron chi connectivity index (χ3n) is 4.80. The molecule has 0 spiro atoms. The monoisotopic (exact) mass is 405 g/mol. The summed E-state index contributed by atoms with van der Waals surface area (Å²) in [6, 6.07) is 7.36. The molecule has 4 rings (SSSR count). The van der Waals surface area contributed by atoms with Crippen LogP contribution in [0.3, 0.4) is 0 Å². The van der Waals surface area contributed by atoms with Crippen molar-refractivity contribution in [3.63, 3.8) is 0 Å². The highest BCUT2D eigenvalue weighted by Gasteiger charge is 2.21. The van der Waals surface area contributed by atoms with Gasteiger partial charge in [-0.3, -0.25) is 15.1 Å². The van der Waals surface area contributed by atoms with E-state index in [9.17, 15) is 9.59 Å². The smallest absolute Gasteiger partial charge is 0.321 e. The van der Waals surface area contributed by atoms with Gasteiger partial charge in [-0.2, -0.15) is 5.10 Å². The summed E-state index contributed by atoms with van der Waals surface area (Å²) in [4.78, 5) is 36.8. The lowest BCUT2D eigenvalue weighted by Gasteiger charge is -2.07. The molecule has 3 aromatic rings. The van der Waals surface area contributed by atoms with Crippen LogP contribution in [0.25, 0.3) is 22.2 Å². The highest BCUT2D eigenvalue weighted by molar-refractivity contribution is 6.16. The molecule has 9 heteroatoms. The quantitative estimate of drug-likeness (QED) is 0.469. The zero-order valence-electron chi connectivity index (χ0n) is 16.8. The minimum absolute atomic E-state index is 0.0727. The summed E-state index contributed by atoms with van der Waals surface area (Å²) in [7, 11) is 0. The van der Waals surface area contributed by atoms with E-state index in [1.807, 2.05) is 38.1 Å². The number of nitrogens with zero attached hydrogens (tertiary/aromatic N) is 3. The van der Waals surface area contributed by atoms with Crippen molar-refractivity contribution in [2.45, 2.75) is 32.7 Å². The van der Waals surface area contributed by atoms with Crippen LogP contribution in [0.1, 0.15) is 37.0 Å². The van der Waals surface area contributed by atoms with Gasteiger partial charge in [0, 0.05) is 48.2 Å². The normalized spacial score (nSPS) is 15.5. The Morgan fingerprint density at radius 1 is 1.27 bits per heavy atom. The van der Waals surface area contributed by atoms with E-state index < -0.39 is 0 Å². The Morgan fingerprint density at radius 3 is 2.83 bits per heavy atom. The number of Topliss-reactive ketones (excluding diaryl/α,β-unsaturated/α-hetero) is 1. The fraction of sp³-hybridized carbons (Fsp3) is 0.286. The molecule has 0 radical (unpaired) electrons. The van der Waals surface area contributed by atoms with Crippen LogP contribution in [0, 0.1) is 0 Å². The molecule has 1 aliphatic heterocycles. The maximum Gasteiger partial charge on any atom is 0.321 e. The van der Waals surface area contributed by atoms with Gasteiger partial charge in [0.25, 0.3) is 0 Å². The van der Waals surface area contributed by atoms with Crippen molar-refractivity contribution in [2.24, 2.45) is 5.10 Å². The van der Waals surface area contributed by atoms with Crippen LogP contribution in [0.5, 0.6) is 0 Å². The van der Waals surface area contributed by atoms with Crippen LogP contribution in [0.2, 0.25) is 0 Å². The van der Waals surface area contributed by atoms with Gasteiger partial charge in [-0.25, -0.2) is 9.78 Å². The van der Waals surface area contributed by atoms with Gasteiger partial charge in [0.05, 0.1) is 11.9 Å². The lowest BCUT2D eigenvalue weighted by Crippen LogP contribution is -2.28. The molecule has 1 atom stereocenters. The van der Waals surface area contributed by atoms with Crippen molar-refractivity contribution >= 4 is 34.5 Å². The van der Waals surface area contributed by atoms with Crippen LogP contribution in [0.15, 0.2) is 41.8 Å². The molecule has 0 saturated carbocycles. The van der Waals surface area contributed by atoms with E-state index >= 15 is 0 Å². The molecule has 2 aromatic heterocycles. The third-order valence-corrected chi connectivity index (χ3v) is 4.80. The fourth-order valence-corrected chi connectivity index (χ4v) is 3.44. The van der Waals surface area contributed by atoms with E-state index in [4.69, 9.17) is 0 Å². The average molecular weight is 405 g/mol. The molecule has 4 N–H and O–H groups in total. The Kier molecular flexibility index (Phi) is 5.42. The van der Waals surface area contributed by atoms with Crippen LogP contribution < -0.4 is 16.1 Å². The van der Waals surface area contributed by atoms with E-state index in [-0.39, 0.29) is 30.2 Å². The van der Waals surface area contributed by atoms with Crippen LogP contribution in [-0.2, 0) is 0 Å². The minimum Gasteiger partial charge on any atom is -0.338 e. The first kappa shape index (κ1) is 19.6. The molecule has 30 heavy (non-hydrogen) atoms. The largest absolute Gasteiger partial charge is 0.338 e. The highest BCUT2D eigenvalue weighted by Crippen LogP contribution is 2.28. The summed E-state index contributed by atoms with van der Waals surface area (Å²) in [6.45, 7) is 4.35. The molecule has 2 amide bonds. The number of pyridine rings is 1. The van der Waals surface area contributed by atoms with Crippen molar-refractivity contribution in [2.75, 3.05) is 11.9 Å². The average Bonchev–Trinajstić information content (AvgIpc) is 3.33. The van der Waals surface area contributed by atoms with Crippen LogP contribution in [0.4, 0.5) is 10.7 Å². The molecule has 0 saturated heterocycles. The summed E-state index contributed by atoms with van der Waals surface area (Å²) >= 11 is 0. The Hall–Kier alpha value is -3.75. The lowest BCUT2D eigenvalue weighted by atomic mass is 9.97. The fourth-order valence-electron chi connectivity index (χ4n) is 3.44. The summed E-state index contributed by atoms with van der Waals surface area (Å²) in [5.74, 6) is 0.207. The summed E-state index contributed by atoms with van der Waals surface area (Å²) < 4.78 is 0. The number of rotatable bonds is 6. The van der Waals surface area contributed by atoms with Crippen LogP contribution >= 0.6 is 0 Å². The van der Waals surface area contributed by atoms with E-state index in [2.05, 4.69) is 36.1 Å². The number of hydrogen-bond donors (Lipinski definition) is 4. The number of benzene rings is 1. The summed E-state index contributed by atoms with van der Waals surface area (Å²) in [5.41, 5.74) is 7.19. The molecule has 1 aromatic carbocycles. The number of imidazole rings is 1. The number of carbonyl (C=O) groups is 2. The number of H-pyrrole nitrogens is 1. The molecular formula is C21H23N7O2. The molecule has 154 valence electrons. The van der Waals surface area contributed by atoms with Gasteiger partial charge in [0.1, 0.15) is 5.52 Å². The number of aromatic nitrogens is 3. The SMILES string of the molecule is CCNC(=O)Nc1nc2c(C(=O)CC3=NNC(C)C3)cc(-c3cccnc3)cc2[nH]1. The Morgan fingerprint density at radius 2 is 2.13 bits per heavy atom. The van der Waals surface area contributed by atoms with Crippen molar-refractivity contribution < 1.29 is 9.59 Å². The molecule has 3 heterocycles. The van der Waals surface area contributed by atoms with E-state index in [1.54, 1.807) is 12.4 Å². The second kappa shape index (κ2) is 8.32. The molecule has 0 fully saturated rings. The predicted octanol–water partition coefficient (Wildman–Crippen LogP) is 3.08. The van der Waals surface area contributed by atoms with Crippen molar-refractivity contribution in [1.82, 2.24) is 25.7 Å². The maximum absolute atomic E-state index is 13.2. The molecule has 1 unspecified atom stereocenters. The zero-order valence-corrected chi connectivity index (χ0v) is 16.8. The molecule has 1 aliphatic rings. The van der Waals surface area contributed by atoms with Gasteiger partial charge in [0.2, 0.25) is 5.95 Å². The number of hydrazone groups is 1. The number of amides is 2. The number of ketones is 1. The topological polar surface area (TPSA) is 124 Å². The van der Waals surface area contributed by atoms with Gasteiger partial charge in [-0.05, 0) is 37.6 Å². The standard InChI is InChI=1S/C21H23N7O2/c1-3-23-21(30)26-20-24-17-9-14(13-5-4-6-22-11-13)8-16(19(17)25-20)18(29)10-15-7-12(2)27-28-15/h4-6,8-9,11-12,27H,3,7,10H2,1-2H3,(H3,23,24,25,26,30). The van der Waals surface area contributed by atoms with Crippen molar-refractivity contribution in [1.29, 1.82) is 0 Å². The van der Waals surface area contributed by atoms with Crippen molar-refractivity contribution in [3.05, 3.63) is 42.2 Å². The van der Waals surface area contributed by atoms with Crippen LogP contribution in [-0.4, -0.2) is 45.1 Å². The van der Waals surface area contributed by atoms with E-state index in [1.165, 1.54) is 0 Å². The Labute approximate surface area is 173 Å². The maximum atomic E-state index is 13.2. The van der Waals surface area contributed by atoms with Crippen molar-refractivity contribution in [3.8, 4) is 11.1 Å². The van der Waals surface area contributed by atoms with E-state index in [0.717, 1.165) is 23.3 Å². The van der Waals surface area contributed by atoms with Gasteiger partial charge >= 0.3 is 6.03 Å². The number of urea groups is 1. The number of aromatic amines is 1. The second-order valence-corrected chi connectivity index (χ2v) is 7.24. The number of carbonyl (C=O) groups excluding carboxylic acids is 2. The molecule has 9 nitrogen and oxygen atoms in total. The Balaban J connectivity index is 1.74. The summed E-state index contributed by atoms with van der Waals surface area (Å²) in [5, 5.41) is 9.57. The van der Waals surface area contributed by atoms with Gasteiger partial charge in [-0.1, -0.05) is 6.07 Å². The first-order valence-corrected chi connectivity index (χ1v) is 9.86. The second-order valence-electron chi connectivity index (χ2n) is 7.24. The number of nitrogens with one attached hydrogen (secondary N) is 4. The summed E-state index contributed by atoms with van der Waals surface area (Å²) in [6.07, 6.45) is 4.40. The molecular weight excluding hydrogens is 382 g/mol. The molecule has 0 bridgehead atoms. The zero-order chi connectivity index (χ0) is 21.1. The van der Waals surface area contributed by atoms with Gasteiger partial charge in [-0.15, -0.1) is 0 Å². The number of hydrogen-bond acceptors (Lipinski definition) is 6. The third kappa shape index (κ3) is 4.14. The predicted molar refractivity (Wildman–Crippen MR) is 116 cm³/mol. The number of anilines is 1. The van der Waals surface area contributed by atoms with E-state index in [0.29, 0.717) is 23.1 Å². The molecule has 0 aliphatic carbocycles.